The van der Waals surface area contributed by atoms with Gasteiger partial charge in [0, 0.05) is 12.6 Å². The number of carbonyl (C=O) groups excluding carboxylic acids is 1. The van der Waals surface area contributed by atoms with Crippen LogP contribution in [0.25, 0.3) is 0 Å². The second-order valence-corrected chi connectivity index (χ2v) is 5.45. The number of rotatable bonds is 3. The van der Waals surface area contributed by atoms with Crippen molar-refractivity contribution in [1.29, 1.82) is 0 Å². The minimum absolute atomic E-state index is 0.0684. The summed E-state index contributed by atoms with van der Waals surface area (Å²) in [6.45, 7) is 0. The maximum Gasteiger partial charge on any atom is 0.224 e. The lowest BCUT2D eigenvalue weighted by molar-refractivity contribution is 0.112. The molecule has 0 atom stereocenters. The molecule has 1 aromatic carbocycles. The molecule has 2 rings (SSSR count). The fourth-order valence-electron chi connectivity index (χ4n) is 1.37. The first-order chi connectivity index (χ1) is 8.04. The molecule has 0 bridgehead atoms. The number of hydrogen-bond acceptors (Lipinski definition) is 6. The van der Waals surface area contributed by atoms with Crippen LogP contribution in [0.2, 0.25) is 0 Å². The van der Waals surface area contributed by atoms with Gasteiger partial charge in [-0.3, -0.25) is 15.2 Å². The molecular weight excluding hydrogens is 242 g/mol. The highest BCUT2D eigenvalue weighted by Crippen LogP contribution is 2.19. The number of aldehydes is 1. The average Bonchev–Trinajstić information content (AvgIpc) is 2.77. The topological polar surface area (TPSA) is 78.5 Å². The van der Waals surface area contributed by atoms with Crippen LogP contribution in [-0.2, 0) is 9.84 Å². The molecule has 0 aromatic heterocycles. The number of nitrogens with one attached hydrogen (secondary N) is 2. The zero-order valence-electron chi connectivity index (χ0n) is 9.04. The lowest BCUT2D eigenvalue weighted by Gasteiger charge is -2.06. The van der Waals surface area contributed by atoms with Crippen LogP contribution in [-0.4, -0.2) is 26.8 Å². The van der Waals surface area contributed by atoms with E-state index in [1.807, 2.05) is 0 Å². The highest BCUT2D eigenvalue weighted by molar-refractivity contribution is 7.95. The van der Waals surface area contributed by atoms with Crippen molar-refractivity contribution in [2.24, 2.45) is 0 Å². The third-order valence-electron chi connectivity index (χ3n) is 2.28. The lowest BCUT2D eigenvalue weighted by Crippen LogP contribution is -2.34. The van der Waals surface area contributed by atoms with Crippen LogP contribution in [0.1, 0.15) is 10.4 Å². The van der Waals surface area contributed by atoms with Crippen LogP contribution in [0.5, 0.6) is 0 Å². The summed E-state index contributed by atoms with van der Waals surface area (Å²) >= 11 is 0. The minimum atomic E-state index is -3.57. The molecule has 1 aromatic rings. The summed E-state index contributed by atoms with van der Waals surface area (Å²) in [4.78, 5) is 10.6. The maximum absolute atomic E-state index is 12.1. The third kappa shape index (κ3) is 2.15. The molecule has 1 aliphatic rings. The molecule has 1 aliphatic heterocycles. The van der Waals surface area contributed by atoms with Crippen molar-refractivity contribution in [2.45, 2.75) is 4.90 Å². The molecule has 0 aliphatic carbocycles. The molecular formula is C10H11N3O3S. The number of benzene rings is 1. The Kier molecular flexibility index (Phi) is 2.86. The SMILES string of the molecule is CN1C=C(S(=O)(=O)c2ccc(C=O)cc2)NN1. The molecule has 0 unspecified atom stereocenters. The van der Waals surface area contributed by atoms with Crippen LogP contribution in [0.4, 0.5) is 0 Å². The monoisotopic (exact) mass is 253 g/mol. The third-order valence-corrected chi connectivity index (χ3v) is 3.96. The van der Waals surface area contributed by atoms with Crippen molar-refractivity contribution in [1.82, 2.24) is 16.0 Å². The lowest BCUT2D eigenvalue weighted by atomic mass is 10.2. The molecule has 0 saturated carbocycles. The highest BCUT2D eigenvalue weighted by atomic mass is 32.2. The largest absolute Gasteiger partial charge is 0.298 e. The summed E-state index contributed by atoms with van der Waals surface area (Å²) in [6.07, 6.45) is 2.10. The Morgan fingerprint density at radius 1 is 1.24 bits per heavy atom. The summed E-state index contributed by atoms with van der Waals surface area (Å²) in [5.74, 6) is 0. The molecule has 0 amide bonds. The average molecular weight is 253 g/mol. The Bertz CT molecular complexity index is 563. The van der Waals surface area contributed by atoms with E-state index in [9.17, 15) is 13.2 Å². The van der Waals surface area contributed by atoms with E-state index in [1.165, 1.54) is 35.5 Å². The van der Waals surface area contributed by atoms with Crippen molar-refractivity contribution in [3.63, 3.8) is 0 Å². The molecule has 7 heteroatoms. The van der Waals surface area contributed by atoms with Gasteiger partial charge in [-0.05, 0) is 12.1 Å². The van der Waals surface area contributed by atoms with Crippen LogP contribution < -0.4 is 11.0 Å². The van der Waals surface area contributed by atoms with Crippen molar-refractivity contribution >= 4 is 16.1 Å². The van der Waals surface area contributed by atoms with E-state index in [0.717, 1.165) is 0 Å². The first-order valence-corrected chi connectivity index (χ1v) is 6.29. The molecule has 17 heavy (non-hydrogen) atoms. The molecule has 6 nitrogen and oxygen atoms in total. The number of hydrazine groups is 2. The first-order valence-electron chi connectivity index (χ1n) is 4.81. The quantitative estimate of drug-likeness (QED) is 0.740. The Morgan fingerprint density at radius 2 is 1.88 bits per heavy atom. The molecule has 90 valence electrons. The summed E-state index contributed by atoms with van der Waals surface area (Å²) in [7, 11) is -1.90. The minimum Gasteiger partial charge on any atom is -0.298 e. The van der Waals surface area contributed by atoms with Gasteiger partial charge in [0.25, 0.3) is 0 Å². The Labute approximate surface area is 98.8 Å². The van der Waals surface area contributed by atoms with Crippen LogP contribution in [0, 0.1) is 0 Å². The van der Waals surface area contributed by atoms with E-state index in [0.29, 0.717) is 11.8 Å². The van der Waals surface area contributed by atoms with Crippen molar-refractivity contribution in [3.05, 3.63) is 41.1 Å². The molecule has 0 radical (unpaired) electrons. The number of sulfone groups is 1. The summed E-state index contributed by atoms with van der Waals surface area (Å²) in [5, 5.41) is 1.56. The zero-order valence-corrected chi connectivity index (χ0v) is 9.86. The van der Waals surface area contributed by atoms with E-state index in [1.54, 1.807) is 7.05 Å². The smallest absolute Gasteiger partial charge is 0.224 e. The molecule has 0 spiro atoms. The van der Waals surface area contributed by atoms with Crippen molar-refractivity contribution in [3.8, 4) is 0 Å². The van der Waals surface area contributed by atoms with Gasteiger partial charge >= 0.3 is 0 Å². The fraction of sp³-hybridized carbons (Fsp3) is 0.100. The van der Waals surface area contributed by atoms with E-state index >= 15 is 0 Å². The normalized spacial score (nSPS) is 15.4. The van der Waals surface area contributed by atoms with Gasteiger partial charge in [-0.25, -0.2) is 8.42 Å². The molecule has 0 saturated heterocycles. The predicted molar refractivity (Wildman–Crippen MR) is 61.1 cm³/mol. The zero-order chi connectivity index (χ0) is 12.5. The maximum atomic E-state index is 12.1. The van der Waals surface area contributed by atoms with E-state index in [-0.39, 0.29) is 9.92 Å². The van der Waals surface area contributed by atoms with E-state index < -0.39 is 9.84 Å². The second-order valence-electron chi connectivity index (χ2n) is 3.53. The highest BCUT2D eigenvalue weighted by Gasteiger charge is 2.24. The number of carbonyl (C=O) groups is 1. The van der Waals surface area contributed by atoms with Gasteiger partial charge in [-0.2, -0.15) is 0 Å². The van der Waals surface area contributed by atoms with Gasteiger partial charge < -0.3 is 0 Å². The van der Waals surface area contributed by atoms with Gasteiger partial charge in [0.05, 0.1) is 11.1 Å². The van der Waals surface area contributed by atoms with Crippen LogP contribution in [0.3, 0.4) is 0 Å². The molecule has 2 N–H and O–H groups in total. The molecule has 0 fully saturated rings. The van der Waals surface area contributed by atoms with Gasteiger partial charge in [0.1, 0.15) is 6.29 Å². The van der Waals surface area contributed by atoms with E-state index in [4.69, 9.17) is 0 Å². The fourth-order valence-corrected chi connectivity index (χ4v) is 2.60. The van der Waals surface area contributed by atoms with Gasteiger partial charge in [0.15, 0.2) is 5.03 Å². The second kappa shape index (κ2) is 4.19. The first kappa shape index (κ1) is 11.6. The Morgan fingerprint density at radius 3 is 2.35 bits per heavy atom. The summed E-state index contributed by atoms with van der Waals surface area (Å²) < 4.78 is 24.2. The van der Waals surface area contributed by atoms with Crippen LogP contribution >= 0.6 is 0 Å². The predicted octanol–water partition coefficient (Wildman–Crippen LogP) is 0.0263. The summed E-state index contributed by atoms with van der Waals surface area (Å²) in [6, 6.07) is 5.74. The van der Waals surface area contributed by atoms with Crippen molar-refractivity contribution in [2.75, 3.05) is 7.05 Å². The Balaban J connectivity index is 2.38. The van der Waals surface area contributed by atoms with Gasteiger partial charge in [0.2, 0.25) is 9.84 Å². The van der Waals surface area contributed by atoms with Crippen LogP contribution in [0.15, 0.2) is 40.4 Å². The summed E-state index contributed by atoms with van der Waals surface area (Å²) in [5.41, 5.74) is 5.61. The number of hydrogen-bond donors (Lipinski definition) is 2. The van der Waals surface area contributed by atoms with E-state index in [2.05, 4.69) is 11.0 Å². The standard InChI is InChI=1S/C10H11N3O3S/c1-13-6-10(11-12-13)17(15,16)9-4-2-8(7-14)3-5-9/h2-7,11-12H,1H3. The van der Waals surface area contributed by atoms with Gasteiger partial charge in [-0.15, -0.1) is 5.53 Å². The van der Waals surface area contributed by atoms with Gasteiger partial charge in [-0.1, -0.05) is 12.1 Å². The molecule has 1 heterocycles. The number of nitrogens with zero attached hydrogens (tertiary/aromatic N) is 1. The van der Waals surface area contributed by atoms with Crippen molar-refractivity contribution < 1.29 is 13.2 Å². The Hall–Kier alpha value is -1.86.